The number of furan rings is 1. The molecular formula is C16H23NO4. The van der Waals surface area contributed by atoms with E-state index in [0.29, 0.717) is 17.7 Å². The van der Waals surface area contributed by atoms with E-state index in [9.17, 15) is 4.79 Å². The topological polar surface area (TPSA) is 51.9 Å². The molecular weight excluding hydrogens is 270 g/mol. The lowest BCUT2D eigenvalue weighted by Crippen LogP contribution is -2.31. The predicted octanol–water partition coefficient (Wildman–Crippen LogP) is 2.38. The summed E-state index contributed by atoms with van der Waals surface area (Å²) in [5.74, 6) is 1.40. The van der Waals surface area contributed by atoms with Gasteiger partial charge in [-0.1, -0.05) is 0 Å². The van der Waals surface area contributed by atoms with Crippen LogP contribution in [0, 0.1) is 12.8 Å². The maximum Gasteiger partial charge on any atom is 0.374 e. The molecule has 21 heavy (non-hydrogen) atoms. The molecule has 1 unspecified atom stereocenters. The highest BCUT2D eigenvalue weighted by molar-refractivity contribution is 5.87. The molecule has 0 N–H and O–H groups in total. The summed E-state index contributed by atoms with van der Waals surface area (Å²) in [6.45, 7) is 5.45. The number of hydrogen-bond acceptors (Lipinski definition) is 5. The summed E-state index contributed by atoms with van der Waals surface area (Å²) in [4.78, 5) is 14.1. The molecule has 3 rings (SSSR count). The molecule has 1 atom stereocenters. The van der Waals surface area contributed by atoms with Crippen LogP contribution in [0.4, 0.5) is 0 Å². The van der Waals surface area contributed by atoms with Crippen LogP contribution in [-0.4, -0.2) is 43.8 Å². The van der Waals surface area contributed by atoms with Gasteiger partial charge in [-0.2, -0.15) is 0 Å². The predicted molar refractivity (Wildman–Crippen MR) is 77.1 cm³/mol. The Morgan fingerprint density at radius 1 is 1.43 bits per heavy atom. The molecule has 0 aromatic carbocycles. The highest BCUT2D eigenvalue weighted by Crippen LogP contribution is 2.31. The first kappa shape index (κ1) is 14.6. The lowest BCUT2D eigenvalue weighted by atomic mass is 10.1. The van der Waals surface area contributed by atoms with Gasteiger partial charge in [0.15, 0.2) is 0 Å². The minimum Gasteiger partial charge on any atom is -0.463 e. The summed E-state index contributed by atoms with van der Waals surface area (Å²) in [6, 6.07) is 2.62. The van der Waals surface area contributed by atoms with Crippen molar-refractivity contribution in [3.63, 3.8) is 0 Å². The highest BCUT2D eigenvalue weighted by Gasteiger charge is 2.32. The second-order valence-electron chi connectivity index (χ2n) is 6.11. The Balaban J connectivity index is 1.66. The van der Waals surface area contributed by atoms with Crippen molar-refractivity contribution in [2.75, 3.05) is 26.9 Å². The molecule has 1 saturated carbocycles. The maximum absolute atomic E-state index is 11.6. The van der Waals surface area contributed by atoms with E-state index >= 15 is 0 Å². The van der Waals surface area contributed by atoms with Crippen molar-refractivity contribution in [2.45, 2.75) is 38.8 Å². The van der Waals surface area contributed by atoms with Gasteiger partial charge in [-0.05, 0) is 38.2 Å². The third-order valence-corrected chi connectivity index (χ3v) is 4.28. The Morgan fingerprint density at radius 2 is 2.24 bits per heavy atom. The molecule has 5 nitrogen and oxygen atoms in total. The minimum absolute atomic E-state index is 0.326. The van der Waals surface area contributed by atoms with E-state index in [-0.39, 0.29) is 0 Å². The second kappa shape index (κ2) is 6.20. The third kappa shape index (κ3) is 3.47. The Hall–Kier alpha value is -1.33. The number of carbonyl (C=O) groups excluding carboxylic acids is 1. The van der Waals surface area contributed by atoms with Gasteiger partial charge in [-0.25, -0.2) is 4.79 Å². The summed E-state index contributed by atoms with van der Waals surface area (Å²) in [5.41, 5.74) is 0.844. The number of nitrogens with zero attached hydrogens (tertiary/aromatic N) is 1. The lowest BCUT2D eigenvalue weighted by Gasteiger charge is -2.23. The molecule has 5 heteroatoms. The highest BCUT2D eigenvalue weighted by atomic mass is 16.5. The first-order chi connectivity index (χ1) is 10.2. The summed E-state index contributed by atoms with van der Waals surface area (Å²) in [5, 5.41) is 0. The van der Waals surface area contributed by atoms with Crippen molar-refractivity contribution < 1.29 is 18.7 Å². The van der Waals surface area contributed by atoms with E-state index in [2.05, 4.69) is 4.90 Å². The molecule has 1 aliphatic heterocycles. The average Bonchev–Trinajstić information content (AvgIpc) is 3.08. The number of aryl methyl sites for hydroxylation is 1. The fourth-order valence-corrected chi connectivity index (χ4v) is 2.96. The molecule has 116 valence electrons. The molecule has 0 spiro atoms. The van der Waals surface area contributed by atoms with Crippen LogP contribution in [0.5, 0.6) is 0 Å². The van der Waals surface area contributed by atoms with E-state index in [0.717, 1.165) is 44.0 Å². The van der Waals surface area contributed by atoms with E-state index in [1.54, 1.807) is 0 Å². The molecule has 1 aromatic rings. The van der Waals surface area contributed by atoms with Gasteiger partial charge in [0.05, 0.1) is 20.3 Å². The zero-order chi connectivity index (χ0) is 14.8. The Bertz CT molecular complexity index is 500. The number of rotatable bonds is 6. The van der Waals surface area contributed by atoms with Crippen molar-refractivity contribution in [3.05, 3.63) is 23.2 Å². The van der Waals surface area contributed by atoms with Crippen LogP contribution in [0.2, 0.25) is 0 Å². The maximum atomic E-state index is 11.6. The van der Waals surface area contributed by atoms with Crippen molar-refractivity contribution in [1.29, 1.82) is 0 Å². The molecule has 2 fully saturated rings. The lowest BCUT2D eigenvalue weighted by molar-refractivity contribution is 0.0559. The van der Waals surface area contributed by atoms with E-state index < -0.39 is 5.97 Å². The first-order valence-electron chi connectivity index (χ1n) is 7.66. The van der Waals surface area contributed by atoms with Crippen molar-refractivity contribution in [3.8, 4) is 0 Å². The van der Waals surface area contributed by atoms with Gasteiger partial charge >= 0.3 is 5.97 Å². The van der Waals surface area contributed by atoms with Crippen molar-refractivity contribution in [2.24, 2.45) is 5.92 Å². The molecule has 1 saturated heterocycles. The molecule has 1 aliphatic carbocycles. The number of esters is 1. The molecule has 0 amide bonds. The fraction of sp³-hybridized carbons (Fsp3) is 0.688. The molecule has 2 heterocycles. The van der Waals surface area contributed by atoms with Gasteiger partial charge in [0.2, 0.25) is 5.76 Å². The van der Waals surface area contributed by atoms with Crippen LogP contribution >= 0.6 is 0 Å². The van der Waals surface area contributed by atoms with Crippen LogP contribution in [0.15, 0.2) is 10.5 Å². The Kier molecular flexibility index (Phi) is 4.31. The Morgan fingerprint density at radius 3 is 2.86 bits per heavy atom. The van der Waals surface area contributed by atoms with Crippen LogP contribution in [0.3, 0.4) is 0 Å². The SMILES string of the molecule is COC(=O)c1oc(CN(CC2CCOC2)C2CC2)cc1C. The zero-order valence-corrected chi connectivity index (χ0v) is 12.8. The number of methoxy groups -OCH3 is 1. The van der Waals surface area contributed by atoms with E-state index in [4.69, 9.17) is 13.9 Å². The summed E-state index contributed by atoms with van der Waals surface area (Å²) < 4.78 is 15.9. The number of hydrogen-bond donors (Lipinski definition) is 0. The monoisotopic (exact) mass is 293 g/mol. The van der Waals surface area contributed by atoms with Gasteiger partial charge in [-0.15, -0.1) is 0 Å². The minimum atomic E-state index is -0.402. The number of carbonyl (C=O) groups is 1. The van der Waals surface area contributed by atoms with Gasteiger partial charge in [0.25, 0.3) is 0 Å². The Labute approximate surface area is 125 Å². The number of ether oxygens (including phenoxy) is 2. The average molecular weight is 293 g/mol. The molecule has 1 aromatic heterocycles. The molecule has 0 bridgehead atoms. The van der Waals surface area contributed by atoms with Gasteiger partial charge in [0.1, 0.15) is 5.76 Å². The van der Waals surface area contributed by atoms with Crippen LogP contribution in [0.25, 0.3) is 0 Å². The second-order valence-corrected chi connectivity index (χ2v) is 6.11. The fourth-order valence-electron chi connectivity index (χ4n) is 2.96. The van der Waals surface area contributed by atoms with Gasteiger partial charge < -0.3 is 13.9 Å². The normalized spacial score (nSPS) is 22.0. The largest absolute Gasteiger partial charge is 0.463 e. The van der Waals surface area contributed by atoms with Crippen molar-refractivity contribution >= 4 is 5.97 Å². The molecule has 0 radical (unpaired) electrons. The smallest absolute Gasteiger partial charge is 0.374 e. The zero-order valence-electron chi connectivity index (χ0n) is 12.8. The van der Waals surface area contributed by atoms with Gasteiger partial charge in [0, 0.05) is 24.8 Å². The van der Waals surface area contributed by atoms with Crippen molar-refractivity contribution in [1.82, 2.24) is 4.90 Å². The third-order valence-electron chi connectivity index (χ3n) is 4.28. The van der Waals surface area contributed by atoms with E-state index in [1.165, 1.54) is 20.0 Å². The van der Waals surface area contributed by atoms with Crippen LogP contribution < -0.4 is 0 Å². The first-order valence-corrected chi connectivity index (χ1v) is 7.66. The van der Waals surface area contributed by atoms with Gasteiger partial charge in [-0.3, -0.25) is 4.90 Å². The summed E-state index contributed by atoms with van der Waals surface area (Å²) in [6.07, 6.45) is 3.67. The van der Waals surface area contributed by atoms with E-state index in [1.807, 2.05) is 13.0 Å². The summed E-state index contributed by atoms with van der Waals surface area (Å²) in [7, 11) is 1.38. The summed E-state index contributed by atoms with van der Waals surface area (Å²) >= 11 is 0. The van der Waals surface area contributed by atoms with Crippen LogP contribution in [-0.2, 0) is 16.0 Å². The standard InChI is InChI=1S/C16H23NO4/c1-11-7-14(21-15(11)16(18)19-2)9-17(13-3-4-13)8-12-5-6-20-10-12/h7,12-13H,3-6,8-10H2,1-2H3. The van der Waals surface area contributed by atoms with Crippen LogP contribution in [0.1, 0.15) is 41.1 Å². The quantitative estimate of drug-likeness (QED) is 0.754. The molecule has 2 aliphatic rings.